The number of nitrogens with zero attached hydrogens (tertiary/aromatic N) is 4. The fraction of sp³-hybridized carbons (Fsp3) is 0.100. The Labute approximate surface area is 165 Å². The average molecular weight is 392 g/mol. The molecule has 7 nitrogen and oxygen atoms in total. The highest BCUT2D eigenvalue weighted by atomic mass is 32.2. The minimum absolute atomic E-state index is 0.0934. The lowest BCUT2D eigenvalue weighted by Crippen LogP contribution is -2.00. The van der Waals surface area contributed by atoms with Crippen LogP contribution >= 0.6 is 11.8 Å². The molecule has 0 radical (unpaired) electrons. The van der Waals surface area contributed by atoms with Gasteiger partial charge in [-0.1, -0.05) is 23.9 Å². The van der Waals surface area contributed by atoms with Gasteiger partial charge in [-0.15, -0.1) is 0 Å². The molecule has 2 aromatic heterocycles. The Morgan fingerprint density at radius 1 is 1.18 bits per heavy atom. The van der Waals surface area contributed by atoms with Gasteiger partial charge >= 0.3 is 0 Å². The van der Waals surface area contributed by atoms with Crippen LogP contribution < -0.4 is 4.74 Å². The van der Waals surface area contributed by atoms with Crippen molar-refractivity contribution in [2.45, 2.75) is 16.3 Å². The highest BCUT2D eigenvalue weighted by Crippen LogP contribution is 2.40. The molecule has 4 rings (SSSR count). The first-order valence-electron chi connectivity index (χ1n) is 8.49. The summed E-state index contributed by atoms with van der Waals surface area (Å²) < 4.78 is 7.42. The first kappa shape index (κ1) is 18.0. The molecule has 0 atom stereocenters. The second kappa shape index (κ2) is 7.69. The average Bonchev–Trinajstić information content (AvgIpc) is 3.05. The minimum atomic E-state index is -0.357. The van der Waals surface area contributed by atoms with Crippen LogP contribution in [0.2, 0.25) is 0 Å². The lowest BCUT2D eigenvalue weighted by molar-refractivity contribution is -0.387. The predicted molar refractivity (Wildman–Crippen MR) is 107 cm³/mol. The normalized spacial score (nSPS) is 10.9. The summed E-state index contributed by atoms with van der Waals surface area (Å²) in [5, 5.41) is 12.4. The van der Waals surface area contributed by atoms with Gasteiger partial charge in [-0.05, 0) is 18.2 Å². The largest absolute Gasteiger partial charge is 0.497 e. The number of hydrogen-bond acceptors (Lipinski definition) is 6. The predicted octanol–water partition coefficient (Wildman–Crippen LogP) is 4.55. The molecule has 0 fully saturated rings. The number of rotatable bonds is 6. The number of nitro groups is 1. The number of benzene rings is 2. The summed E-state index contributed by atoms with van der Waals surface area (Å²) in [6.07, 6.45) is 7.00. The van der Waals surface area contributed by atoms with Crippen molar-refractivity contribution in [3.63, 3.8) is 0 Å². The molecule has 0 saturated heterocycles. The fourth-order valence-electron chi connectivity index (χ4n) is 2.98. The molecule has 0 aliphatic rings. The molecular formula is C20H16N4O3S. The highest BCUT2D eigenvalue weighted by Gasteiger charge is 2.17. The molecule has 140 valence electrons. The van der Waals surface area contributed by atoms with Crippen molar-refractivity contribution in [3.8, 4) is 5.75 Å². The second-order valence-corrected chi connectivity index (χ2v) is 7.11. The third-order valence-electron chi connectivity index (χ3n) is 4.28. The maximum absolute atomic E-state index is 11.4. The maximum atomic E-state index is 11.4. The molecule has 0 unspecified atom stereocenters. The van der Waals surface area contributed by atoms with Crippen molar-refractivity contribution >= 4 is 28.4 Å². The van der Waals surface area contributed by atoms with Crippen molar-refractivity contribution in [3.05, 3.63) is 83.1 Å². The lowest BCUT2D eigenvalue weighted by Gasteiger charge is -2.05. The summed E-state index contributed by atoms with van der Waals surface area (Å²) in [5.74, 6) is 0.744. The first-order valence-corrected chi connectivity index (χ1v) is 9.30. The Bertz CT molecular complexity index is 1140. The zero-order valence-electron chi connectivity index (χ0n) is 15.0. The minimum Gasteiger partial charge on any atom is -0.497 e. The van der Waals surface area contributed by atoms with Crippen LogP contribution in [0.1, 0.15) is 5.69 Å². The van der Waals surface area contributed by atoms with Crippen LogP contribution in [0.5, 0.6) is 5.75 Å². The molecule has 0 N–H and O–H groups in total. The van der Waals surface area contributed by atoms with E-state index >= 15 is 0 Å². The number of methoxy groups -OCH3 is 1. The summed E-state index contributed by atoms with van der Waals surface area (Å²) in [6, 6.07) is 12.6. The molecule has 2 heterocycles. The molecule has 0 aliphatic carbocycles. The molecular weight excluding hydrogens is 376 g/mol. The summed E-state index contributed by atoms with van der Waals surface area (Å²) in [4.78, 5) is 21.0. The van der Waals surface area contributed by atoms with E-state index in [9.17, 15) is 10.1 Å². The fourth-order valence-corrected chi connectivity index (χ4v) is 4.07. The van der Waals surface area contributed by atoms with Crippen LogP contribution in [0, 0.1) is 10.1 Å². The quantitative estimate of drug-likeness (QED) is 0.354. The zero-order chi connectivity index (χ0) is 19.5. The van der Waals surface area contributed by atoms with Gasteiger partial charge in [0, 0.05) is 41.0 Å². The van der Waals surface area contributed by atoms with Crippen LogP contribution in [0.3, 0.4) is 0 Å². The van der Waals surface area contributed by atoms with Gasteiger partial charge in [-0.3, -0.25) is 20.1 Å². The van der Waals surface area contributed by atoms with Crippen LogP contribution in [0.25, 0.3) is 10.9 Å². The van der Waals surface area contributed by atoms with Crippen LogP contribution in [0.15, 0.2) is 77.0 Å². The first-order chi connectivity index (χ1) is 13.7. The zero-order valence-corrected chi connectivity index (χ0v) is 15.8. The van der Waals surface area contributed by atoms with Crippen LogP contribution in [0.4, 0.5) is 5.69 Å². The molecule has 0 bridgehead atoms. The van der Waals surface area contributed by atoms with Gasteiger partial charge in [0.25, 0.3) is 5.69 Å². The van der Waals surface area contributed by atoms with E-state index in [1.54, 1.807) is 43.9 Å². The summed E-state index contributed by atoms with van der Waals surface area (Å²) in [5.41, 5.74) is 1.88. The highest BCUT2D eigenvalue weighted by molar-refractivity contribution is 7.99. The van der Waals surface area contributed by atoms with E-state index in [2.05, 4.69) is 14.5 Å². The monoisotopic (exact) mass is 392 g/mol. The van der Waals surface area contributed by atoms with Crippen molar-refractivity contribution in [1.82, 2.24) is 14.5 Å². The van der Waals surface area contributed by atoms with E-state index < -0.39 is 0 Å². The number of aromatic nitrogens is 3. The van der Waals surface area contributed by atoms with E-state index in [-0.39, 0.29) is 10.6 Å². The Morgan fingerprint density at radius 2 is 2.04 bits per heavy atom. The van der Waals surface area contributed by atoms with Gasteiger partial charge in [-0.2, -0.15) is 0 Å². The van der Waals surface area contributed by atoms with E-state index in [1.807, 2.05) is 24.4 Å². The molecule has 0 saturated carbocycles. The van der Waals surface area contributed by atoms with Gasteiger partial charge in [0.15, 0.2) is 0 Å². The molecule has 0 aliphatic heterocycles. The van der Waals surface area contributed by atoms with Crippen molar-refractivity contribution < 1.29 is 9.66 Å². The number of para-hydroxylation sites is 1. The van der Waals surface area contributed by atoms with Gasteiger partial charge in [0.1, 0.15) is 5.75 Å². The second-order valence-electron chi connectivity index (χ2n) is 6.03. The maximum Gasteiger partial charge on any atom is 0.283 e. The summed E-state index contributed by atoms with van der Waals surface area (Å²) in [6.45, 7) is 0.537. The van der Waals surface area contributed by atoms with E-state index in [1.165, 1.54) is 17.8 Å². The SMILES string of the molecule is COc1ccc2c(Sc3ccccc3[N+](=O)[O-])cn(Cc3cnccn3)c2c1. The molecule has 4 aromatic rings. The molecule has 8 heteroatoms. The van der Waals surface area contributed by atoms with Gasteiger partial charge in [0.2, 0.25) is 0 Å². The summed E-state index contributed by atoms with van der Waals surface area (Å²) in [7, 11) is 1.63. The molecule has 28 heavy (non-hydrogen) atoms. The van der Waals surface area contributed by atoms with Crippen molar-refractivity contribution in [2.24, 2.45) is 0 Å². The van der Waals surface area contributed by atoms with Crippen molar-refractivity contribution in [1.29, 1.82) is 0 Å². The molecule has 0 amide bonds. The Kier molecular flexibility index (Phi) is 4.94. The van der Waals surface area contributed by atoms with E-state index in [4.69, 9.17) is 4.74 Å². The van der Waals surface area contributed by atoms with Crippen LogP contribution in [-0.2, 0) is 6.54 Å². The number of hydrogen-bond donors (Lipinski definition) is 0. The standard InChI is InChI=1S/C20H16N4O3S/c1-27-15-6-7-16-18(10-15)23(12-14-11-21-8-9-22-14)13-20(16)28-19-5-3-2-4-17(19)24(25)26/h2-11,13H,12H2,1H3. The van der Waals surface area contributed by atoms with E-state index in [0.29, 0.717) is 11.4 Å². The van der Waals surface area contributed by atoms with E-state index in [0.717, 1.165) is 27.2 Å². The van der Waals surface area contributed by atoms with Gasteiger partial charge in [0.05, 0.1) is 40.9 Å². The van der Waals surface area contributed by atoms with Crippen molar-refractivity contribution in [2.75, 3.05) is 7.11 Å². The van der Waals surface area contributed by atoms with Gasteiger partial charge < -0.3 is 9.30 Å². The third kappa shape index (κ3) is 3.54. The van der Waals surface area contributed by atoms with Gasteiger partial charge in [-0.25, -0.2) is 0 Å². The Balaban J connectivity index is 1.80. The molecule has 2 aromatic carbocycles. The third-order valence-corrected chi connectivity index (χ3v) is 5.39. The number of fused-ring (bicyclic) bond motifs is 1. The van der Waals surface area contributed by atoms with Crippen LogP contribution in [-0.4, -0.2) is 26.6 Å². The lowest BCUT2D eigenvalue weighted by atomic mass is 10.2. The topological polar surface area (TPSA) is 83.1 Å². The Hall–Kier alpha value is -3.39. The smallest absolute Gasteiger partial charge is 0.283 e. The Morgan fingerprint density at radius 3 is 2.79 bits per heavy atom. The summed E-state index contributed by atoms with van der Waals surface area (Å²) >= 11 is 1.38. The number of nitro benzene ring substituents is 1. The number of ether oxygens (including phenoxy) is 1. The molecule has 0 spiro atoms.